The summed E-state index contributed by atoms with van der Waals surface area (Å²) in [5.74, 6) is 0. The molecular weight excluding hydrogens is 232 g/mol. The van der Waals surface area contributed by atoms with Gasteiger partial charge in [0.1, 0.15) is 11.0 Å². The molecule has 1 saturated heterocycles. The molecule has 3 nitrogen and oxygen atoms in total. The fourth-order valence-corrected chi connectivity index (χ4v) is 2.20. The quantitative estimate of drug-likeness (QED) is 0.847. The first kappa shape index (κ1) is 14.4. The molecule has 1 atom stereocenters. The summed E-state index contributed by atoms with van der Waals surface area (Å²) in [6.45, 7) is 4.51. The minimum absolute atomic E-state index is 0.818. The molecule has 0 bridgehead atoms. The van der Waals surface area contributed by atoms with E-state index < -0.39 is 11.0 Å². The molecule has 0 aromatic heterocycles. The van der Waals surface area contributed by atoms with Crippen LogP contribution in [-0.2, 0) is 11.0 Å². The lowest BCUT2D eigenvalue weighted by atomic mass is 10.2. The second kappa shape index (κ2) is 8.39. The largest absolute Gasteiger partial charge is 0.317 e. The van der Waals surface area contributed by atoms with Gasteiger partial charge in [-0.15, -0.1) is 0 Å². The molecule has 1 aromatic carbocycles. The molecule has 0 amide bonds. The Bertz CT molecular complexity index is 322. The third kappa shape index (κ3) is 5.96. The summed E-state index contributed by atoms with van der Waals surface area (Å²) >= 11 is 0. The van der Waals surface area contributed by atoms with E-state index in [0.717, 1.165) is 4.90 Å². The van der Waals surface area contributed by atoms with E-state index in [0.29, 0.717) is 0 Å². The minimum Gasteiger partial charge on any atom is -0.317 e. The average molecular weight is 254 g/mol. The van der Waals surface area contributed by atoms with Crippen molar-refractivity contribution < 1.29 is 4.21 Å². The summed E-state index contributed by atoms with van der Waals surface area (Å²) in [6.07, 6.45) is 4.22. The zero-order valence-corrected chi connectivity index (χ0v) is 11.5. The van der Waals surface area contributed by atoms with Crippen molar-refractivity contribution in [1.82, 2.24) is 10.0 Å². The number of hydrogen-bond acceptors (Lipinski definition) is 2. The summed E-state index contributed by atoms with van der Waals surface area (Å²) < 4.78 is 13.8. The topological polar surface area (TPSA) is 41.1 Å². The SMILES string of the molecule is C1CCNCC1.CNS(=O)c1ccc(C)cc1. The van der Waals surface area contributed by atoms with E-state index in [1.165, 1.54) is 37.9 Å². The molecule has 17 heavy (non-hydrogen) atoms. The highest BCUT2D eigenvalue weighted by Gasteiger charge is 1.97. The van der Waals surface area contributed by atoms with Crippen LogP contribution in [0.25, 0.3) is 0 Å². The van der Waals surface area contributed by atoms with Crippen molar-refractivity contribution in [2.45, 2.75) is 31.1 Å². The molecule has 1 fully saturated rings. The Balaban J connectivity index is 0.000000202. The lowest BCUT2D eigenvalue weighted by Crippen LogP contribution is -2.21. The normalized spacial score (nSPS) is 16.8. The Kier molecular flexibility index (Phi) is 7.08. The highest BCUT2D eigenvalue weighted by atomic mass is 32.2. The van der Waals surface area contributed by atoms with E-state index in [1.54, 1.807) is 7.05 Å². The molecule has 96 valence electrons. The molecule has 0 saturated carbocycles. The van der Waals surface area contributed by atoms with Crippen LogP contribution in [0.2, 0.25) is 0 Å². The van der Waals surface area contributed by atoms with Crippen LogP contribution in [0.15, 0.2) is 29.2 Å². The fraction of sp³-hybridized carbons (Fsp3) is 0.538. The molecule has 2 N–H and O–H groups in total. The third-order valence-corrected chi connectivity index (χ3v) is 3.70. The Morgan fingerprint density at radius 3 is 2.06 bits per heavy atom. The predicted molar refractivity (Wildman–Crippen MR) is 73.4 cm³/mol. The van der Waals surface area contributed by atoms with Gasteiger partial charge in [-0.2, -0.15) is 0 Å². The Morgan fingerprint density at radius 1 is 1.12 bits per heavy atom. The summed E-state index contributed by atoms with van der Waals surface area (Å²) in [7, 11) is 0.628. The lowest BCUT2D eigenvalue weighted by molar-refractivity contribution is 0.520. The van der Waals surface area contributed by atoms with Crippen molar-refractivity contribution in [3.8, 4) is 0 Å². The molecule has 1 aliphatic rings. The second-order valence-electron chi connectivity index (χ2n) is 4.10. The first-order valence-electron chi connectivity index (χ1n) is 6.10. The standard InChI is InChI=1S/C8H11NOS.C5H11N/c1-7-3-5-8(6-4-7)11(10)9-2;1-2-4-6-5-3-1/h3-6,9H,1-2H3;6H,1-5H2. The van der Waals surface area contributed by atoms with Crippen LogP contribution >= 0.6 is 0 Å². The molecular formula is C13H22N2OS. The number of benzene rings is 1. The highest BCUT2D eigenvalue weighted by molar-refractivity contribution is 7.83. The van der Waals surface area contributed by atoms with Gasteiger partial charge < -0.3 is 5.32 Å². The van der Waals surface area contributed by atoms with Gasteiger partial charge in [0.15, 0.2) is 0 Å². The molecule has 1 aromatic rings. The minimum atomic E-state index is -1.05. The maximum Gasteiger partial charge on any atom is 0.124 e. The lowest BCUT2D eigenvalue weighted by Gasteiger charge is -2.08. The van der Waals surface area contributed by atoms with Gasteiger partial charge in [0.05, 0.1) is 4.90 Å². The monoisotopic (exact) mass is 254 g/mol. The highest BCUT2D eigenvalue weighted by Crippen LogP contribution is 2.05. The van der Waals surface area contributed by atoms with Gasteiger partial charge in [0.2, 0.25) is 0 Å². The molecule has 1 unspecified atom stereocenters. The zero-order chi connectivity index (χ0) is 12.5. The van der Waals surface area contributed by atoms with Gasteiger partial charge in [0, 0.05) is 0 Å². The number of piperidine rings is 1. The van der Waals surface area contributed by atoms with E-state index in [1.807, 2.05) is 31.2 Å². The van der Waals surface area contributed by atoms with Crippen molar-refractivity contribution in [3.63, 3.8) is 0 Å². The molecule has 2 rings (SSSR count). The Hall–Kier alpha value is -0.710. The van der Waals surface area contributed by atoms with E-state index in [4.69, 9.17) is 0 Å². The first-order valence-corrected chi connectivity index (χ1v) is 7.25. The van der Waals surface area contributed by atoms with Crippen molar-refractivity contribution in [1.29, 1.82) is 0 Å². The summed E-state index contributed by atoms with van der Waals surface area (Å²) in [5, 5.41) is 3.28. The van der Waals surface area contributed by atoms with E-state index in [-0.39, 0.29) is 0 Å². The van der Waals surface area contributed by atoms with Crippen LogP contribution in [0.5, 0.6) is 0 Å². The smallest absolute Gasteiger partial charge is 0.124 e. The van der Waals surface area contributed by atoms with Gasteiger partial charge in [-0.05, 0) is 52.0 Å². The number of nitrogens with one attached hydrogen (secondary N) is 2. The van der Waals surface area contributed by atoms with E-state index in [2.05, 4.69) is 10.0 Å². The van der Waals surface area contributed by atoms with Gasteiger partial charge >= 0.3 is 0 Å². The molecule has 0 aliphatic carbocycles. The Morgan fingerprint density at radius 2 is 1.71 bits per heavy atom. The van der Waals surface area contributed by atoms with Gasteiger partial charge in [-0.25, -0.2) is 8.93 Å². The van der Waals surface area contributed by atoms with Crippen molar-refractivity contribution in [3.05, 3.63) is 29.8 Å². The average Bonchev–Trinajstić information content (AvgIpc) is 2.41. The van der Waals surface area contributed by atoms with Crippen LogP contribution in [-0.4, -0.2) is 24.3 Å². The molecule has 1 aliphatic heterocycles. The maximum atomic E-state index is 11.1. The van der Waals surface area contributed by atoms with Crippen molar-refractivity contribution in [2.24, 2.45) is 0 Å². The number of rotatable bonds is 2. The van der Waals surface area contributed by atoms with Gasteiger partial charge in [-0.3, -0.25) is 0 Å². The van der Waals surface area contributed by atoms with Crippen molar-refractivity contribution in [2.75, 3.05) is 20.1 Å². The van der Waals surface area contributed by atoms with Crippen LogP contribution < -0.4 is 10.0 Å². The van der Waals surface area contributed by atoms with E-state index >= 15 is 0 Å². The predicted octanol–water partition coefficient (Wildman–Crippen LogP) is 2.00. The second-order valence-corrected chi connectivity index (χ2v) is 5.51. The molecule has 0 radical (unpaired) electrons. The maximum absolute atomic E-state index is 11.1. The van der Waals surface area contributed by atoms with Crippen LogP contribution in [0.3, 0.4) is 0 Å². The Labute approximate surface area is 107 Å². The van der Waals surface area contributed by atoms with Crippen molar-refractivity contribution >= 4 is 11.0 Å². The van der Waals surface area contributed by atoms with E-state index in [9.17, 15) is 4.21 Å². The molecule has 0 spiro atoms. The zero-order valence-electron chi connectivity index (χ0n) is 10.7. The molecule has 4 heteroatoms. The van der Waals surface area contributed by atoms with Crippen LogP contribution in [0, 0.1) is 6.92 Å². The number of aryl methyl sites for hydroxylation is 1. The van der Waals surface area contributed by atoms with Gasteiger partial charge in [0.25, 0.3) is 0 Å². The van der Waals surface area contributed by atoms with Gasteiger partial charge in [-0.1, -0.05) is 24.1 Å². The van der Waals surface area contributed by atoms with Crippen LogP contribution in [0.4, 0.5) is 0 Å². The summed E-state index contributed by atoms with van der Waals surface area (Å²) in [5.41, 5.74) is 1.18. The number of hydrogen-bond donors (Lipinski definition) is 2. The first-order chi connectivity index (χ1) is 8.24. The van der Waals surface area contributed by atoms with Crippen LogP contribution in [0.1, 0.15) is 24.8 Å². The summed E-state index contributed by atoms with van der Waals surface area (Å²) in [6, 6.07) is 7.62. The summed E-state index contributed by atoms with van der Waals surface area (Å²) in [4.78, 5) is 0.818. The fourth-order valence-electron chi connectivity index (χ4n) is 1.58. The third-order valence-electron chi connectivity index (χ3n) is 2.63. The molecule has 1 heterocycles.